The van der Waals surface area contributed by atoms with Crippen molar-refractivity contribution in [1.82, 2.24) is 4.98 Å². The highest BCUT2D eigenvalue weighted by Gasteiger charge is 2.02. The van der Waals surface area contributed by atoms with Crippen LogP contribution in [0.5, 0.6) is 17.2 Å². The first-order valence-electron chi connectivity index (χ1n) is 8.84. The summed E-state index contributed by atoms with van der Waals surface area (Å²) in [7, 11) is 0. The Labute approximate surface area is 168 Å². The van der Waals surface area contributed by atoms with Crippen molar-refractivity contribution < 1.29 is 19.0 Å². The standard InChI is InChI=1S/C23H18N2O4/c24-13-15-27-20-8-3-18(4-9-20)7-12-23(26)28-17-19-5-10-21(11-6-19)29-22-2-1-14-25-16-22/h1-12,14,16H,15,17H2/b12-7+. The number of hydrogen-bond acceptors (Lipinski definition) is 6. The molecule has 0 bridgehead atoms. The normalized spacial score (nSPS) is 10.3. The van der Waals surface area contributed by atoms with Crippen molar-refractivity contribution in [3.63, 3.8) is 0 Å². The second kappa shape index (κ2) is 10.3. The number of benzene rings is 2. The lowest BCUT2D eigenvalue weighted by Gasteiger charge is -2.06. The van der Waals surface area contributed by atoms with Crippen molar-refractivity contribution in [1.29, 1.82) is 5.26 Å². The van der Waals surface area contributed by atoms with Crippen molar-refractivity contribution in [2.45, 2.75) is 6.61 Å². The van der Waals surface area contributed by atoms with Gasteiger partial charge >= 0.3 is 5.97 Å². The third kappa shape index (κ3) is 6.52. The maximum atomic E-state index is 11.9. The van der Waals surface area contributed by atoms with Crippen LogP contribution < -0.4 is 9.47 Å². The molecular weight excluding hydrogens is 368 g/mol. The first kappa shape index (κ1) is 19.6. The number of ether oxygens (including phenoxy) is 3. The van der Waals surface area contributed by atoms with Crippen molar-refractivity contribution in [2.75, 3.05) is 6.61 Å². The molecule has 0 N–H and O–H groups in total. The molecule has 3 rings (SSSR count). The van der Waals surface area contributed by atoms with Crippen LogP contribution >= 0.6 is 0 Å². The van der Waals surface area contributed by atoms with Crippen molar-refractivity contribution in [2.24, 2.45) is 0 Å². The minimum absolute atomic E-state index is 0.00191. The van der Waals surface area contributed by atoms with Gasteiger partial charge in [0.15, 0.2) is 6.61 Å². The predicted molar refractivity (Wildman–Crippen MR) is 107 cm³/mol. The molecule has 0 radical (unpaired) electrons. The number of hydrogen-bond donors (Lipinski definition) is 0. The topological polar surface area (TPSA) is 81.4 Å². The van der Waals surface area contributed by atoms with Crippen LogP contribution in [0.15, 0.2) is 79.1 Å². The average Bonchev–Trinajstić information content (AvgIpc) is 2.77. The van der Waals surface area contributed by atoms with Gasteiger partial charge in [0.1, 0.15) is 29.9 Å². The fourth-order valence-corrected chi connectivity index (χ4v) is 2.35. The van der Waals surface area contributed by atoms with E-state index in [1.54, 1.807) is 48.8 Å². The highest BCUT2D eigenvalue weighted by molar-refractivity contribution is 5.87. The molecule has 0 aliphatic heterocycles. The molecule has 2 aromatic carbocycles. The lowest BCUT2D eigenvalue weighted by Crippen LogP contribution is -2.00. The van der Waals surface area contributed by atoms with Gasteiger partial charge in [0.25, 0.3) is 0 Å². The first-order chi connectivity index (χ1) is 14.2. The van der Waals surface area contributed by atoms with Crippen molar-refractivity contribution in [3.05, 3.63) is 90.3 Å². The molecule has 0 aliphatic rings. The van der Waals surface area contributed by atoms with E-state index < -0.39 is 5.97 Å². The maximum Gasteiger partial charge on any atom is 0.331 e. The Balaban J connectivity index is 1.46. The molecule has 1 heterocycles. The first-order valence-corrected chi connectivity index (χ1v) is 8.84. The number of esters is 1. The zero-order chi connectivity index (χ0) is 20.3. The van der Waals surface area contributed by atoms with E-state index in [2.05, 4.69) is 4.98 Å². The molecule has 6 heteroatoms. The lowest BCUT2D eigenvalue weighted by atomic mass is 10.2. The highest BCUT2D eigenvalue weighted by atomic mass is 16.5. The van der Waals surface area contributed by atoms with Gasteiger partial charge in [-0.05, 0) is 53.6 Å². The van der Waals surface area contributed by atoms with Gasteiger partial charge < -0.3 is 14.2 Å². The van der Waals surface area contributed by atoms with E-state index in [1.807, 2.05) is 36.4 Å². The summed E-state index contributed by atoms with van der Waals surface area (Å²) < 4.78 is 16.1. The van der Waals surface area contributed by atoms with Gasteiger partial charge in [0.2, 0.25) is 0 Å². The van der Waals surface area contributed by atoms with Crippen LogP contribution in [-0.4, -0.2) is 17.6 Å². The SMILES string of the molecule is N#CCOc1ccc(/C=C/C(=O)OCc2ccc(Oc3cccnc3)cc2)cc1. The van der Waals surface area contributed by atoms with Crippen LogP contribution in [-0.2, 0) is 16.1 Å². The number of nitriles is 1. The van der Waals surface area contributed by atoms with Crippen molar-refractivity contribution >= 4 is 12.0 Å². The number of carbonyl (C=O) groups excluding carboxylic acids is 1. The second-order valence-electron chi connectivity index (χ2n) is 5.89. The largest absolute Gasteiger partial charge is 0.479 e. The zero-order valence-electron chi connectivity index (χ0n) is 15.5. The average molecular weight is 386 g/mol. The van der Waals surface area contributed by atoms with E-state index in [-0.39, 0.29) is 13.2 Å². The Morgan fingerprint density at radius 2 is 1.76 bits per heavy atom. The minimum Gasteiger partial charge on any atom is -0.479 e. The highest BCUT2D eigenvalue weighted by Crippen LogP contribution is 2.20. The summed E-state index contributed by atoms with van der Waals surface area (Å²) in [6.45, 7) is 0.162. The van der Waals surface area contributed by atoms with Gasteiger partial charge in [0.05, 0.1) is 6.20 Å². The van der Waals surface area contributed by atoms with Gasteiger partial charge in [-0.3, -0.25) is 4.98 Å². The molecule has 0 saturated heterocycles. The third-order valence-electron chi connectivity index (χ3n) is 3.77. The van der Waals surface area contributed by atoms with Gasteiger partial charge in [-0.15, -0.1) is 0 Å². The van der Waals surface area contributed by atoms with E-state index in [4.69, 9.17) is 19.5 Å². The Morgan fingerprint density at radius 1 is 1.00 bits per heavy atom. The summed E-state index contributed by atoms with van der Waals surface area (Å²) in [5.41, 5.74) is 1.67. The van der Waals surface area contributed by atoms with Crippen LogP contribution in [0.2, 0.25) is 0 Å². The van der Waals surface area contributed by atoms with E-state index in [0.717, 1.165) is 11.1 Å². The smallest absolute Gasteiger partial charge is 0.331 e. The molecule has 6 nitrogen and oxygen atoms in total. The van der Waals surface area contributed by atoms with E-state index >= 15 is 0 Å². The quantitative estimate of drug-likeness (QED) is 0.418. The predicted octanol–water partition coefficient (Wildman–Crippen LogP) is 4.53. The zero-order valence-corrected chi connectivity index (χ0v) is 15.5. The van der Waals surface area contributed by atoms with Gasteiger partial charge in [-0.1, -0.05) is 24.3 Å². The Hall–Kier alpha value is -4.11. The monoisotopic (exact) mass is 386 g/mol. The van der Waals surface area contributed by atoms with Crippen LogP contribution in [0.4, 0.5) is 0 Å². The molecular formula is C23H18N2O4. The molecule has 1 aromatic heterocycles. The summed E-state index contributed by atoms with van der Waals surface area (Å²) in [6, 6.07) is 19.9. The second-order valence-corrected chi connectivity index (χ2v) is 5.89. The maximum absolute atomic E-state index is 11.9. The van der Waals surface area contributed by atoms with E-state index in [1.165, 1.54) is 6.08 Å². The Kier molecular flexibility index (Phi) is 6.97. The number of pyridine rings is 1. The Morgan fingerprint density at radius 3 is 2.45 bits per heavy atom. The van der Waals surface area contributed by atoms with Gasteiger partial charge in [-0.25, -0.2) is 4.79 Å². The molecule has 144 valence electrons. The van der Waals surface area contributed by atoms with Gasteiger partial charge in [-0.2, -0.15) is 5.26 Å². The minimum atomic E-state index is -0.439. The third-order valence-corrected chi connectivity index (χ3v) is 3.77. The molecule has 3 aromatic rings. The van der Waals surface area contributed by atoms with Crippen LogP contribution in [0.25, 0.3) is 6.08 Å². The van der Waals surface area contributed by atoms with Crippen molar-refractivity contribution in [3.8, 4) is 23.3 Å². The summed E-state index contributed by atoms with van der Waals surface area (Å²) in [6.07, 6.45) is 6.33. The molecule has 0 aliphatic carbocycles. The number of nitrogens with zero attached hydrogens (tertiary/aromatic N) is 2. The Bertz CT molecular complexity index is 992. The number of rotatable bonds is 8. The fourth-order valence-electron chi connectivity index (χ4n) is 2.35. The number of aromatic nitrogens is 1. The lowest BCUT2D eigenvalue weighted by molar-refractivity contribution is -0.138. The molecule has 29 heavy (non-hydrogen) atoms. The molecule has 0 saturated carbocycles. The number of carbonyl (C=O) groups is 1. The molecule has 0 fully saturated rings. The van der Waals surface area contributed by atoms with E-state index in [0.29, 0.717) is 17.2 Å². The fraction of sp³-hybridized carbons (Fsp3) is 0.0870. The molecule has 0 atom stereocenters. The summed E-state index contributed by atoms with van der Waals surface area (Å²) in [4.78, 5) is 15.9. The molecule has 0 unspecified atom stereocenters. The summed E-state index contributed by atoms with van der Waals surface area (Å²) in [5.74, 6) is 1.49. The van der Waals surface area contributed by atoms with E-state index in [9.17, 15) is 4.79 Å². The molecule has 0 amide bonds. The van der Waals surface area contributed by atoms with Crippen LogP contribution in [0, 0.1) is 11.3 Å². The summed E-state index contributed by atoms with van der Waals surface area (Å²) >= 11 is 0. The summed E-state index contributed by atoms with van der Waals surface area (Å²) in [5, 5.41) is 8.49. The van der Waals surface area contributed by atoms with Gasteiger partial charge in [0, 0.05) is 12.3 Å². The molecule has 0 spiro atoms. The van der Waals surface area contributed by atoms with Crippen LogP contribution in [0.1, 0.15) is 11.1 Å². The van der Waals surface area contributed by atoms with Crippen LogP contribution in [0.3, 0.4) is 0 Å².